The minimum Gasteiger partial charge on any atom is -0.303 e. The summed E-state index contributed by atoms with van der Waals surface area (Å²) in [6.45, 7) is 1.86. The number of amides is 1. The van der Waals surface area contributed by atoms with Crippen molar-refractivity contribution < 1.29 is 14.4 Å². The molecule has 0 rings (SSSR count). The molecule has 0 N–H and O–H groups in total. The standard InChI is InChI=1S/C8H15NO3/c1-7(4-5-10)6-8(11)9(2)12-3/h5,7H,4,6H2,1-3H3/t7-/m1/s1. The third-order valence-corrected chi connectivity index (χ3v) is 1.65. The summed E-state index contributed by atoms with van der Waals surface area (Å²) in [5.74, 6) is -0.0144. The third kappa shape index (κ3) is 4.08. The fraction of sp³-hybridized carbons (Fsp3) is 0.750. The van der Waals surface area contributed by atoms with Crippen molar-refractivity contribution in [1.29, 1.82) is 0 Å². The molecule has 1 amide bonds. The number of hydrogen-bond acceptors (Lipinski definition) is 3. The highest BCUT2D eigenvalue weighted by Crippen LogP contribution is 2.07. The summed E-state index contributed by atoms with van der Waals surface area (Å²) in [5.41, 5.74) is 0. The van der Waals surface area contributed by atoms with Gasteiger partial charge in [0.15, 0.2) is 0 Å². The van der Waals surface area contributed by atoms with Crippen molar-refractivity contribution in [3.63, 3.8) is 0 Å². The molecule has 0 aromatic carbocycles. The maximum Gasteiger partial charge on any atom is 0.246 e. The van der Waals surface area contributed by atoms with Crippen molar-refractivity contribution in [1.82, 2.24) is 5.06 Å². The maximum atomic E-state index is 11.1. The topological polar surface area (TPSA) is 46.6 Å². The van der Waals surface area contributed by atoms with Crippen molar-refractivity contribution >= 4 is 12.2 Å². The van der Waals surface area contributed by atoms with Gasteiger partial charge < -0.3 is 4.79 Å². The number of hydrogen-bond donors (Lipinski definition) is 0. The molecule has 0 aliphatic heterocycles. The minimum absolute atomic E-state index is 0.0904. The smallest absolute Gasteiger partial charge is 0.246 e. The van der Waals surface area contributed by atoms with Crippen molar-refractivity contribution in [2.75, 3.05) is 14.2 Å². The summed E-state index contributed by atoms with van der Waals surface area (Å²) in [6, 6.07) is 0. The van der Waals surface area contributed by atoms with E-state index in [-0.39, 0.29) is 11.8 Å². The molecule has 1 atom stereocenters. The first kappa shape index (κ1) is 11.1. The van der Waals surface area contributed by atoms with Crippen LogP contribution >= 0.6 is 0 Å². The van der Waals surface area contributed by atoms with Gasteiger partial charge in [-0.25, -0.2) is 5.06 Å². The summed E-state index contributed by atoms with van der Waals surface area (Å²) in [7, 11) is 2.98. The zero-order valence-corrected chi connectivity index (χ0v) is 7.74. The van der Waals surface area contributed by atoms with Crippen LogP contribution in [0.15, 0.2) is 0 Å². The van der Waals surface area contributed by atoms with Gasteiger partial charge >= 0.3 is 0 Å². The lowest BCUT2D eigenvalue weighted by molar-refractivity contribution is -0.169. The molecule has 0 aromatic heterocycles. The molecule has 0 aliphatic carbocycles. The van der Waals surface area contributed by atoms with Crippen LogP contribution in [0.5, 0.6) is 0 Å². The van der Waals surface area contributed by atoms with Crippen LogP contribution in [0, 0.1) is 5.92 Å². The van der Waals surface area contributed by atoms with Crippen LogP contribution in [0.2, 0.25) is 0 Å². The van der Waals surface area contributed by atoms with Crippen LogP contribution in [-0.4, -0.2) is 31.4 Å². The van der Waals surface area contributed by atoms with Gasteiger partial charge in [0.05, 0.1) is 7.11 Å². The minimum atomic E-state index is -0.105. The summed E-state index contributed by atoms with van der Waals surface area (Å²) in [4.78, 5) is 25.9. The highest BCUT2D eigenvalue weighted by atomic mass is 16.7. The van der Waals surface area contributed by atoms with Gasteiger partial charge in [0.1, 0.15) is 6.29 Å². The van der Waals surface area contributed by atoms with Gasteiger partial charge in [0.2, 0.25) is 5.91 Å². The van der Waals surface area contributed by atoms with Crippen molar-refractivity contribution in [2.45, 2.75) is 19.8 Å². The van der Waals surface area contributed by atoms with Crippen molar-refractivity contribution in [3.8, 4) is 0 Å². The molecule has 0 heterocycles. The van der Waals surface area contributed by atoms with E-state index in [1.165, 1.54) is 12.2 Å². The van der Waals surface area contributed by atoms with Gasteiger partial charge in [0, 0.05) is 19.9 Å². The largest absolute Gasteiger partial charge is 0.303 e. The molecule has 0 aromatic rings. The van der Waals surface area contributed by atoms with Crippen molar-refractivity contribution in [3.05, 3.63) is 0 Å². The van der Waals surface area contributed by atoms with Gasteiger partial charge in [-0.1, -0.05) is 6.92 Å². The molecule has 70 valence electrons. The van der Waals surface area contributed by atoms with Crippen LogP contribution in [0.4, 0.5) is 0 Å². The lowest BCUT2D eigenvalue weighted by Crippen LogP contribution is -2.26. The zero-order valence-electron chi connectivity index (χ0n) is 7.74. The quantitative estimate of drug-likeness (QED) is 0.452. The molecule has 0 radical (unpaired) electrons. The number of carbonyl (C=O) groups excluding carboxylic acids is 2. The Morgan fingerprint density at radius 1 is 1.67 bits per heavy atom. The third-order valence-electron chi connectivity index (χ3n) is 1.65. The average molecular weight is 173 g/mol. The Morgan fingerprint density at radius 2 is 2.25 bits per heavy atom. The summed E-state index contributed by atoms with van der Waals surface area (Å²) < 4.78 is 0. The molecule has 0 spiro atoms. The molecule has 0 unspecified atom stereocenters. The summed E-state index contributed by atoms with van der Waals surface area (Å²) in [6.07, 6.45) is 1.59. The monoisotopic (exact) mass is 173 g/mol. The fourth-order valence-electron chi connectivity index (χ4n) is 0.776. The number of aldehydes is 1. The summed E-state index contributed by atoms with van der Waals surface area (Å²) in [5, 5.41) is 1.17. The highest BCUT2D eigenvalue weighted by molar-refractivity contribution is 5.75. The molecule has 4 nitrogen and oxygen atoms in total. The first-order valence-electron chi connectivity index (χ1n) is 3.86. The van der Waals surface area contributed by atoms with Gasteiger partial charge in [-0.2, -0.15) is 0 Å². The first-order valence-corrected chi connectivity index (χ1v) is 3.86. The van der Waals surface area contributed by atoms with Crippen LogP contribution in [0.1, 0.15) is 19.8 Å². The van der Waals surface area contributed by atoms with Crippen LogP contribution < -0.4 is 0 Å². The number of rotatable bonds is 5. The predicted molar refractivity (Wildman–Crippen MR) is 44.2 cm³/mol. The lowest BCUT2D eigenvalue weighted by Gasteiger charge is -2.15. The van der Waals surface area contributed by atoms with E-state index >= 15 is 0 Å². The van der Waals surface area contributed by atoms with Crippen LogP contribution in [0.25, 0.3) is 0 Å². The van der Waals surface area contributed by atoms with Gasteiger partial charge in [0.25, 0.3) is 0 Å². The van der Waals surface area contributed by atoms with Gasteiger partial charge in [-0.15, -0.1) is 0 Å². The zero-order chi connectivity index (χ0) is 9.56. The van der Waals surface area contributed by atoms with E-state index in [4.69, 9.17) is 0 Å². The second kappa shape index (κ2) is 5.71. The number of carbonyl (C=O) groups is 2. The van der Waals surface area contributed by atoms with Gasteiger partial charge in [-0.05, 0) is 5.92 Å². The molecule has 0 fully saturated rings. The van der Waals surface area contributed by atoms with E-state index in [1.807, 2.05) is 6.92 Å². The Labute approximate surface area is 72.4 Å². The highest BCUT2D eigenvalue weighted by Gasteiger charge is 2.12. The fourth-order valence-corrected chi connectivity index (χ4v) is 0.776. The molecule has 0 saturated heterocycles. The maximum absolute atomic E-state index is 11.1. The Balaban J connectivity index is 3.75. The Bertz CT molecular complexity index is 158. The second-order valence-corrected chi connectivity index (χ2v) is 2.79. The first-order chi connectivity index (χ1) is 5.61. The molecule has 0 aliphatic rings. The number of nitrogens with zero attached hydrogens (tertiary/aromatic N) is 1. The second-order valence-electron chi connectivity index (χ2n) is 2.79. The Morgan fingerprint density at radius 3 is 2.67 bits per heavy atom. The molecular formula is C8H15NO3. The van der Waals surface area contributed by atoms with E-state index in [0.29, 0.717) is 12.8 Å². The molecule has 12 heavy (non-hydrogen) atoms. The normalized spacial score (nSPS) is 12.2. The molecule has 0 bridgehead atoms. The number of hydroxylamine groups is 2. The summed E-state index contributed by atoms with van der Waals surface area (Å²) >= 11 is 0. The van der Waals surface area contributed by atoms with E-state index in [0.717, 1.165) is 6.29 Å². The molecule has 4 heteroatoms. The molecule has 0 saturated carbocycles. The predicted octanol–water partition coefficient (Wildman–Crippen LogP) is 0.621. The van der Waals surface area contributed by atoms with Crippen LogP contribution in [-0.2, 0) is 14.4 Å². The molecular weight excluding hydrogens is 158 g/mol. The van der Waals surface area contributed by atoms with Gasteiger partial charge in [-0.3, -0.25) is 9.63 Å². The van der Waals surface area contributed by atoms with Crippen LogP contribution in [0.3, 0.4) is 0 Å². The Hall–Kier alpha value is -0.900. The van der Waals surface area contributed by atoms with E-state index < -0.39 is 0 Å². The SMILES string of the molecule is CON(C)C(=O)C[C@H](C)CC=O. The Kier molecular flexibility index (Phi) is 5.28. The van der Waals surface area contributed by atoms with E-state index in [9.17, 15) is 9.59 Å². The lowest BCUT2D eigenvalue weighted by atomic mass is 10.0. The van der Waals surface area contributed by atoms with Crippen molar-refractivity contribution in [2.24, 2.45) is 5.92 Å². The van der Waals surface area contributed by atoms with E-state index in [1.54, 1.807) is 7.05 Å². The van der Waals surface area contributed by atoms with E-state index in [2.05, 4.69) is 4.84 Å². The average Bonchev–Trinajstić information content (AvgIpc) is 2.03.